The minimum atomic E-state index is 0. The van der Waals surface area contributed by atoms with Gasteiger partial charge in [-0.3, -0.25) is 4.99 Å². The normalized spacial score (nSPS) is 14.9. The van der Waals surface area contributed by atoms with Crippen molar-refractivity contribution in [3.63, 3.8) is 0 Å². The van der Waals surface area contributed by atoms with E-state index in [1.807, 2.05) is 0 Å². The van der Waals surface area contributed by atoms with Gasteiger partial charge in [0.15, 0.2) is 0 Å². The van der Waals surface area contributed by atoms with Crippen LogP contribution in [0.1, 0.15) is 12.5 Å². The molecule has 0 atom stereocenters. The lowest BCUT2D eigenvalue weighted by Crippen LogP contribution is -2.24. The summed E-state index contributed by atoms with van der Waals surface area (Å²) in [6.07, 6.45) is 0. The number of rotatable bonds is 2. The highest BCUT2D eigenvalue weighted by Crippen LogP contribution is 2.08. The highest BCUT2D eigenvalue weighted by Gasteiger charge is 2.11. The fourth-order valence-corrected chi connectivity index (χ4v) is 1.59. The third-order valence-electron chi connectivity index (χ3n) is 2.38. The molecule has 1 aromatic rings. The van der Waals surface area contributed by atoms with Crippen LogP contribution in [0.15, 0.2) is 35.3 Å². The monoisotopic (exact) mass is 210 g/mol. The van der Waals surface area contributed by atoms with E-state index in [0.717, 1.165) is 19.6 Å². The molecule has 0 saturated carbocycles. The number of benzene rings is 1. The zero-order valence-electron chi connectivity index (χ0n) is 8.31. The molecule has 0 aliphatic carbocycles. The lowest BCUT2D eigenvalue weighted by atomic mass is 10.2. The number of halogens is 1. The predicted molar refractivity (Wildman–Crippen MR) is 62.1 cm³/mol. The zero-order valence-corrected chi connectivity index (χ0v) is 9.13. The van der Waals surface area contributed by atoms with Gasteiger partial charge in [-0.05, 0) is 12.5 Å². The van der Waals surface area contributed by atoms with Crippen LogP contribution in [-0.4, -0.2) is 23.8 Å². The summed E-state index contributed by atoms with van der Waals surface area (Å²) >= 11 is 0. The maximum Gasteiger partial charge on any atom is 0.0961 e. The summed E-state index contributed by atoms with van der Waals surface area (Å²) in [5.74, 6) is 1.17. The Hall–Kier alpha value is -1.02. The fraction of sp³-hybridized carbons (Fsp3) is 0.364. The third kappa shape index (κ3) is 2.48. The van der Waals surface area contributed by atoms with E-state index in [-0.39, 0.29) is 12.4 Å². The standard InChI is InChI=1S/C11H14N2.ClH/c1-10-12-7-8-13(10)9-11-5-3-2-4-6-11;/h2-6H,7-9H2,1H3;1H. The van der Waals surface area contributed by atoms with Crippen molar-refractivity contribution in [1.29, 1.82) is 0 Å². The average Bonchev–Trinajstić information content (AvgIpc) is 2.54. The first-order valence-electron chi connectivity index (χ1n) is 4.66. The summed E-state index contributed by atoms with van der Waals surface area (Å²) in [6, 6.07) is 10.5. The maximum absolute atomic E-state index is 4.36. The molecule has 0 spiro atoms. The second-order valence-corrected chi connectivity index (χ2v) is 3.34. The van der Waals surface area contributed by atoms with Gasteiger partial charge in [0.2, 0.25) is 0 Å². The van der Waals surface area contributed by atoms with Crippen molar-refractivity contribution in [1.82, 2.24) is 4.90 Å². The van der Waals surface area contributed by atoms with E-state index in [2.05, 4.69) is 47.1 Å². The molecule has 1 aliphatic heterocycles. The molecule has 1 aliphatic rings. The Labute approximate surface area is 91.1 Å². The molecular weight excluding hydrogens is 196 g/mol. The second kappa shape index (κ2) is 5.01. The number of nitrogens with zero attached hydrogens (tertiary/aromatic N) is 2. The van der Waals surface area contributed by atoms with Crippen molar-refractivity contribution in [2.75, 3.05) is 13.1 Å². The zero-order chi connectivity index (χ0) is 9.10. The quantitative estimate of drug-likeness (QED) is 0.732. The van der Waals surface area contributed by atoms with E-state index in [1.165, 1.54) is 11.4 Å². The smallest absolute Gasteiger partial charge is 0.0961 e. The molecule has 0 aromatic heterocycles. The number of hydrogen-bond acceptors (Lipinski definition) is 2. The molecule has 0 saturated heterocycles. The molecule has 1 aromatic carbocycles. The van der Waals surface area contributed by atoms with Crippen molar-refractivity contribution >= 4 is 18.2 Å². The van der Waals surface area contributed by atoms with Crippen LogP contribution in [0.4, 0.5) is 0 Å². The van der Waals surface area contributed by atoms with Gasteiger partial charge < -0.3 is 4.90 Å². The Bertz CT molecular complexity index is 308. The molecule has 2 rings (SSSR count). The predicted octanol–water partition coefficient (Wildman–Crippen LogP) is 2.34. The molecule has 14 heavy (non-hydrogen) atoms. The van der Waals surface area contributed by atoms with E-state index in [1.54, 1.807) is 0 Å². The van der Waals surface area contributed by atoms with E-state index < -0.39 is 0 Å². The largest absolute Gasteiger partial charge is 0.354 e. The van der Waals surface area contributed by atoms with Crippen molar-refractivity contribution in [2.24, 2.45) is 4.99 Å². The van der Waals surface area contributed by atoms with E-state index in [9.17, 15) is 0 Å². The van der Waals surface area contributed by atoms with Gasteiger partial charge in [0, 0.05) is 13.1 Å². The van der Waals surface area contributed by atoms with Crippen molar-refractivity contribution in [2.45, 2.75) is 13.5 Å². The maximum atomic E-state index is 4.36. The van der Waals surface area contributed by atoms with Gasteiger partial charge in [-0.2, -0.15) is 0 Å². The third-order valence-corrected chi connectivity index (χ3v) is 2.38. The number of hydrogen-bond donors (Lipinski definition) is 0. The Morgan fingerprint density at radius 3 is 2.57 bits per heavy atom. The molecule has 0 radical (unpaired) electrons. The first-order valence-corrected chi connectivity index (χ1v) is 4.66. The van der Waals surface area contributed by atoms with Crippen LogP contribution in [-0.2, 0) is 6.54 Å². The first kappa shape index (κ1) is 11.1. The summed E-state index contributed by atoms with van der Waals surface area (Å²) in [4.78, 5) is 6.67. The molecule has 1 heterocycles. The molecule has 0 amide bonds. The Balaban J connectivity index is 0.000000980. The number of amidine groups is 1. The van der Waals surface area contributed by atoms with E-state index in [4.69, 9.17) is 0 Å². The van der Waals surface area contributed by atoms with Crippen LogP contribution in [0.5, 0.6) is 0 Å². The lowest BCUT2D eigenvalue weighted by molar-refractivity contribution is 0.450. The Kier molecular flexibility index (Phi) is 3.96. The number of aliphatic imine (C=N–C) groups is 1. The topological polar surface area (TPSA) is 15.6 Å². The molecular formula is C11H15ClN2. The van der Waals surface area contributed by atoms with Gasteiger partial charge in [-0.1, -0.05) is 30.3 Å². The SMILES string of the molecule is CC1=NCCN1Cc1ccccc1.Cl. The first-order chi connectivity index (χ1) is 6.36. The summed E-state index contributed by atoms with van der Waals surface area (Å²) in [5.41, 5.74) is 1.36. The van der Waals surface area contributed by atoms with Gasteiger partial charge in [0.25, 0.3) is 0 Å². The summed E-state index contributed by atoms with van der Waals surface area (Å²) < 4.78 is 0. The van der Waals surface area contributed by atoms with Crippen LogP contribution in [0.3, 0.4) is 0 Å². The van der Waals surface area contributed by atoms with E-state index in [0.29, 0.717) is 0 Å². The van der Waals surface area contributed by atoms with Crippen LogP contribution in [0, 0.1) is 0 Å². The van der Waals surface area contributed by atoms with Gasteiger partial charge in [-0.15, -0.1) is 12.4 Å². The van der Waals surface area contributed by atoms with Crippen LogP contribution in [0.25, 0.3) is 0 Å². The molecule has 0 unspecified atom stereocenters. The van der Waals surface area contributed by atoms with Crippen molar-refractivity contribution in [3.8, 4) is 0 Å². The summed E-state index contributed by atoms with van der Waals surface area (Å²) in [7, 11) is 0. The Morgan fingerprint density at radius 1 is 1.29 bits per heavy atom. The molecule has 2 nitrogen and oxygen atoms in total. The van der Waals surface area contributed by atoms with E-state index >= 15 is 0 Å². The van der Waals surface area contributed by atoms with Gasteiger partial charge in [0.05, 0.1) is 12.4 Å². The minimum absolute atomic E-state index is 0. The highest BCUT2D eigenvalue weighted by molar-refractivity contribution is 5.85. The highest BCUT2D eigenvalue weighted by atomic mass is 35.5. The molecule has 0 fully saturated rings. The van der Waals surface area contributed by atoms with Crippen molar-refractivity contribution in [3.05, 3.63) is 35.9 Å². The van der Waals surface area contributed by atoms with Gasteiger partial charge in [-0.25, -0.2) is 0 Å². The van der Waals surface area contributed by atoms with Gasteiger partial charge in [0.1, 0.15) is 0 Å². The fourth-order valence-electron chi connectivity index (χ4n) is 1.59. The summed E-state index contributed by atoms with van der Waals surface area (Å²) in [6.45, 7) is 5.10. The molecule has 76 valence electrons. The average molecular weight is 211 g/mol. The second-order valence-electron chi connectivity index (χ2n) is 3.34. The minimum Gasteiger partial charge on any atom is -0.354 e. The molecule has 3 heteroatoms. The van der Waals surface area contributed by atoms with Crippen LogP contribution < -0.4 is 0 Å². The van der Waals surface area contributed by atoms with Crippen LogP contribution in [0.2, 0.25) is 0 Å². The summed E-state index contributed by atoms with van der Waals surface area (Å²) in [5, 5.41) is 0. The molecule has 0 bridgehead atoms. The van der Waals surface area contributed by atoms with Crippen molar-refractivity contribution < 1.29 is 0 Å². The Morgan fingerprint density at radius 2 is 2.00 bits per heavy atom. The molecule has 0 N–H and O–H groups in total. The van der Waals surface area contributed by atoms with Crippen LogP contribution >= 0.6 is 12.4 Å². The van der Waals surface area contributed by atoms with Gasteiger partial charge >= 0.3 is 0 Å². The lowest BCUT2D eigenvalue weighted by Gasteiger charge is -2.17.